The predicted molar refractivity (Wildman–Crippen MR) is 62.6 cm³/mol. The lowest BCUT2D eigenvalue weighted by molar-refractivity contribution is 0.250. The Labute approximate surface area is 89.5 Å². The van der Waals surface area contributed by atoms with Crippen LogP contribution in [0.5, 0.6) is 0 Å². The molecule has 0 radical (unpaired) electrons. The lowest BCUT2D eigenvalue weighted by Crippen LogP contribution is -2.03. The molecule has 3 N–H and O–H groups in total. The second kappa shape index (κ2) is 5.27. The highest BCUT2D eigenvalue weighted by molar-refractivity contribution is 7.99. The normalized spacial score (nSPS) is 12.8. The summed E-state index contributed by atoms with van der Waals surface area (Å²) in [4.78, 5) is 1.12. The molecule has 78 valence electrons. The third kappa shape index (κ3) is 3.24. The van der Waals surface area contributed by atoms with E-state index in [1.54, 1.807) is 11.8 Å². The Hall–Kier alpha value is -0.670. The van der Waals surface area contributed by atoms with Crippen LogP contribution in [0.1, 0.15) is 12.5 Å². The molecule has 1 rings (SSSR count). The smallest absolute Gasteiger partial charge is 0.0464 e. The standard InChI is InChI=1S/C11H17NOS/c1-8-3-4-10(12)11(5-8)14-7-9(2)6-13/h3-5,9,13H,6-7,12H2,1-2H3. The van der Waals surface area contributed by atoms with E-state index in [1.165, 1.54) is 5.56 Å². The Kier molecular flexibility index (Phi) is 4.29. The summed E-state index contributed by atoms with van der Waals surface area (Å²) in [7, 11) is 0. The van der Waals surface area contributed by atoms with Crippen LogP contribution in [0.4, 0.5) is 5.69 Å². The molecule has 3 heteroatoms. The van der Waals surface area contributed by atoms with Crippen LogP contribution < -0.4 is 5.73 Å². The molecule has 0 aromatic heterocycles. The number of rotatable bonds is 4. The average molecular weight is 211 g/mol. The van der Waals surface area contributed by atoms with Crippen LogP contribution in [-0.4, -0.2) is 17.5 Å². The summed E-state index contributed by atoms with van der Waals surface area (Å²) >= 11 is 1.71. The number of hydrogen-bond acceptors (Lipinski definition) is 3. The van der Waals surface area contributed by atoms with Crippen LogP contribution in [0.15, 0.2) is 23.1 Å². The highest BCUT2D eigenvalue weighted by Crippen LogP contribution is 2.27. The van der Waals surface area contributed by atoms with E-state index in [2.05, 4.69) is 13.0 Å². The maximum atomic E-state index is 8.89. The largest absolute Gasteiger partial charge is 0.398 e. The number of benzene rings is 1. The fraction of sp³-hybridized carbons (Fsp3) is 0.455. The molecular formula is C11H17NOS. The van der Waals surface area contributed by atoms with E-state index in [0.717, 1.165) is 16.3 Å². The van der Waals surface area contributed by atoms with Gasteiger partial charge in [0.15, 0.2) is 0 Å². The molecule has 0 spiro atoms. The molecule has 0 saturated carbocycles. The van der Waals surface area contributed by atoms with Gasteiger partial charge in [0.05, 0.1) is 0 Å². The molecule has 0 aliphatic rings. The summed E-state index contributed by atoms with van der Waals surface area (Å²) in [5.74, 6) is 1.23. The summed E-state index contributed by atoms with van der Waals surface area (Å²) < 4.78 is 0. The molecule has 0 amide bonds. The second-order valence-electron chi connectivity index (χ2n) is 3.64. The number of anilines is 1. The van der Waals surface area contributed by atoms with E-state index in [-0.39, 0.29) is 6.61 Å². The SMILES string of the molecule is Cc1ccc(N)c(SCC(C)CO)c1. The van der Waals surface area contributed by atoms with Gasteiger partial charge in [0, 0.05) is 22.9 Å². The minimum absolute atomic E-state index is 0.235. The molecule has 0 fully saturated rings. The van der Waals surface area contributed by atoms with Gasteiger partial charge in [-0.2, -0.15) is 0 Å². The van der Waals surface area contributed by atoms with Crippen LogP contribution >= 0.6 is 11.8 Å². The lowest BCUT2D eigenvalue weighted by atomic mass is 10.2. The first-order valence-electron chi connectivity index (χ1n) is 4.73. The monoisotopic (exact) mass is 211 g/mol. The van der Waals surface area contributed by atoms with Gasteiger partial charge in [-0.1, -0.05) is 13.0 Å². The molecular weight excluding hydrogens is 194 g/mol. The van der Waals surface area contributed by atoms with Gasteiger partial charge in [-0.25, -0.2) is 0 Å². The predicted octanol–water partition coefficient (Wildman–Crippen LogP) is 2.30. The number of nitrogen functional groups attached to an aromatic ring is 1. The molecule has 0 bridgehead atoms. The van der Waals surface area contributed by atoms with Crippen molar-refractivity contribution in [1.82, 2.24) is 0 Å². The van der Waals surface area contributed by atoms with E-state index in [4.69, 9.17) is 10.8 Å². The number of thioether (sulfide) groups is 1. The Morgan fingerprint density at radius 2 is 2.21 bits per heavy atom. The maximum Gasteiger partial charge on any atom is 0.0464 e. The molecule has 0 saturated heterocycles. The first-order valence-corrected chi connectivity index (χ1v) is 5.72. The lowest BCUT2D eigenvalue weighted by Gasteiger charge is -2.09. The number of aliphatic hydroxyl groups is 1. The first-order chi connectivity index (χ1) is 6.63. The van der Waals surface area contributed by atoms with Crippen LogP contribution in [0.3, 0.4) is 0 Å². The molecule has 0 heterocycles. The fourth-order valence-electron chi connectivity index (χ4n) is 1.05. The molecule has 1 atom stereocenters. The van der Waals surface area contributed by atoms with Crippen molar-refractivity contribution in [1.29, 1.82) is 0 Å². The zero-order valence-corrected chi connectivity index (χ0v) is 9.47. The summed E-state index contributed by atoms with van der Waals surface area (Å²) in [6, 6.07) is 6.03. The number of hydrogen-bond donors (Lipinski definition) is 2. The average Bonchev–Trinajstić information content (AvgIpc) is 2.19. The molecule has 0 aliphatic heterocycles. The van der Waals surface area contributed by atoms with Gasteiger partial charge >= 0.3 is 0 Å². The summed E-state index contributed by atoms with van der Waals surface area (Å²) in [5, 5.41) is 8.89. The van der Waals surface area contributed by atoms with E-state index < -0.39 is 0 Å². The van der Waals surface area contributed by atoms with Crippen molar-refractivity contribution in [2.45, 2.75) is 18.7 Å². The molecule has 14 heavy (non-hydrogen) atoms. The van der Waals surface area contributed by atoms with Crippen molar-refractivity contribution in [3.63, 3.8) is 0 Å². The maximum absolute atomic E-state index is 8.89. The fourth-order valence-corrected chi connectivity index (χ4v) is 2.12. The Morgan fingerprint density at radius 3 is 2.86 bits per heavy atom. The van der Waals surface area contributed by atoms with Gasteiger partial charge < -0.3 is 10.8 Å². The van der Waals surface area contributed by atoms with Gasteiger partial charge in [-0.15, -0.1) is 11.8 Å². The second-order valence-corrected chi connectivity index (χ2v) is 4.70. The van der Waals surface area contributed by atoms with Gasteiger partial charge in [-0.05, 0) is 30.5 Å². The van der Waals surface area contributed by atoms with Crippen LogP contribution in [0.25, 0.3) is 0 Å². The number of aryl methyl sites for hydroxylation is 1. The Morgan fingerprint density at radius 1 is 1.50 bits per heavy atom. The Balaban J connectivity index is 2.62. The minimum Gasteiger partial charge on any atom is -0.398 e. The van der Waals surface area contributed by atoms with Gasteiger partial charge in [0.2, 0.25) is 0 Å². The highest BCUT2D eigenvalue weighted by Gasteiger charge is 2.04. The number of aliphatic hydroxyl groups excluding tert-OH is 1. The molecule has 0 aliphatic carbocycles. The third-order valence-corrected chi connectivity index (χ3v) is 3.40. The van der Waals surface area contributed by atoms with Gasteiger partial charge in [-0.3, -0.25) is 0 Å². The Bertz CT molecular complexity index is 301. The van der Waals surface area contributed by atoms with Crippen molar-refractivity contribution >= 4 is 17.4 Å². The zero-order valence-electron chi connectivity index (χ0n) is 8.66. The summed E-state index contributed by atoms with van der Waals surface area (Å²) in [6.07, 6.45) is 0. The molecule has 1 aromatic rings. The summed E-state index contributed by atoms with van der Waals surface area (Å²) in [6.45, 7) is 4.32. The van der Waals surface area contributed by atoms with Crippen molar-refractivity contribution in [3.8, 4) is 0 Å². The van der Waals surface area contributed by atoms with Crippen LogP contribution in [0.2, 0.25) is 0 Å². The van der Waals surface area contributed by atoms with Crippen molar-refractivity contribution in [2.24, 2.45) is 5.92 Å². The minimum atomic E-state index is 0.235. The quantitative estimate of drug-likeness (QED) is 0.593. The van der Waals surface area contributed by atoms with E-state index in [9.17, 15) is 0 Å². The van der Waals surface area contributed by atoms with Crippen molar-refractivity contribution in [3.05, 3.63) is 23.8 Å². The topological polar surface area (TPSA) is 46.2 Å². The zero-order chi connectivity index (χ0) is 10.6. The summed E-state index contributed by atoms with van der Waals surface area (Å²) in [5.41, 5.74) is 7.88. The van der Waals surface area contributed by atoms with Crippen molar-refractivity contribution in [2.75, 3.05) is 18.1 Å². The molecule has 1 unspecified atom stereocenters. The van der Waals surface area contributed by atoms with Gasteiger partial charge in [0.1, 0.15) is 0 Å². The van der Waals surface area contributed by atoms with Crippen molar-refractivity contribution < 1.29 is 5.11 Å². The number of nitrogens with two attached hydrogens (primary N) is 1. The molecule has 2 nitrogen and oxygen atoms in total. The molecule has 1 aromatic carbocycles. The van der Waals surface area contributed by atoms with Crippen LogP contribution in [-0.2, 0) is 0 Å². The third-order valence-electron chi connectivity index (χ3n) is 2.00. The van der Waals surface area contributed by atoms with E-state index >= 15 is 0 Å². The van der Waals surface area contributed by atoms with Crippen LogP contribution in [0, 0.1) is 12.8 Å². The highest BCUT2D eigenvalue weighted by atomic mass is 32.2. The van der Waals surface area contributed by atoms with Gasteiger partial charge in [0.25, 0.3) is 0 Å². The van der Waals surface area contributed by atoms with E-state index in [0.29, 0.717) is 5.92 Å². The van der Waals surface area contributed by atoms with E-state index in [1.807, 2.05) is 19.1 Å². The first kappa shape index (κ1) is 11.4.